The van der Waals surface area contributed by atoms with Gasteiger partial charge in [-0.2, -0.15) is 4.37 Å². The third kappa shape index (κ3) is 0.866. The van der Waals surface area contributed by atoms with E-state index in [0.29, 0.717) is 5.95 Å². The van der Waals surface area contributed by atoms with Gasteiger partial charge in [0.05, 0.1) is 0 Å². The van der Waals surface area contributed by atoms with Crippen LogP contribution >= 0.6 is 11.5 Å². The fourth-order valence-corrected chi connectivity index (χ4v) is 0.716. The van der Waals surface area contributed by atoms with Gasteiger partial charge < -0.3 is 5.73 Å². The van der Waals surface area contributed by atoms with Crippen molar-refractivity contribution in [1.82, 2.24) is 9.36 Å². The Bertz CT molecular complexity index is 142. The lowest BCUT2D eigenvalue weighted by Crippen LogP contribution is -1.84. The summed E-state index contributed by atoms with van der Waals surface area (Å²) in [6, 6.07) is 0. The summed E-state index contributed by atoms with van der Waals surface area (Å²) in [6.45, 7) is 1.87. The normalized spacial score (nSPS) is 9.29. The predicted molar refractivity (Wildman–Crippen MR) is 29.1 cm³/mol. The number of rotatable bonds is 0. The molecule has 38 valence electrons. The molecule has 0 fully saturated rings. The maximum absolute atomic E-state index is 5.17. The fraction of sp³-hybridized carbons (Fsp3) is 0.333. The Balaban J connectivity index is 3.04. The largest absolute Gasteiger partial charge is 0.367 e. The van der Waals surface area contributed by atoms with Crippen LogP contribution in [0.1, 0.15) is 5.01 Å². The SMILES string of the molecule is Cc1nc(N)ns1. The zero-order valence-corrected chi connectivity index (χ0v) is 4.70. The summed E-state index contributed by atoms with van der Waals surface area (Å²) < 4.78 is 3.72. The van der Waals surface area contributed by atoms with Crippen molar-refractivity contribution in [3.8, 4) is 0 Å². The molecule has 0 unspecified atom stereocenters. The number of nitrogens with zero attached hydrogens (tertiary/aromatic N) is 2. The number of nitrogens with two attached hydrogens (primary N) is 1. The highest BCUT2D eigenvalue weighted by atomic mass is 32.1. The summed E-state index contributed by atoms with van der Waals surface area (Å²) >= 11 is 1.32. The summed E-state index contributed by atoms with van der Waals surface area (Å²) in [7, 11) is 0. The molecule has 3 nitrogen and oxygen atoms in total. The molecular weight excluding hydrogens is 110 g/mol. The number of nitrogen functional groups attached to an aromatic ring is 1. The second kappa shape index (κ2) is 1.46. The monoisotopic (exact) mass is 115 g/mol. The molecule has 0 radical (unpaired) electrons. The van der Waals surface area contributed by atoms with Crippen LogP contribution in [0.3, 0.4) is 0 Å². The standard InChI is InChI=1S/C3H5N3S/c1-2-5-3(4)6-7-2/h1H3,(H2,4,6). The van der Waals surface area contributed by atoms with Crippen LogP contribution in [0.2, 0.25) is 0 Å². The average molecular weight is 115 g/mol. The van der Waals surface area contributed by atoms with Crippen LogP contribution in [0.25, 0.3) is 0 Å². The van der Waals surface area contributed by atoms with Crippen molar-refractivity contribution in [2.75, 3.05) is 5.73 Å². The molecule has 0 aliphatic heterocycles. The fourth-order valence-electron chi connectivity index (χ4n) is 0.315. The van der Waals surface area contributed by atoms with Gasteiger partial charge in [-0.3, -0.25) is 0 Å². The Hall–Kier alpha value is -0.640. The number of aromatic nitrogens is 2. The van der Waals surface area contributed by atoms with Crippen molar-refractivity contribution in [2.45, 2.75) is 6.92 Å². The van der Waals surface area contributed by atoms with E-state index in [4.69, 9.17) is 5.73 Å². The van der Waals surface area contributed by atoms with Crippen molar-refractivity contribution in [3.63, 3.8) is 0 Å². The minimum Gasteiger partial charge on any atom is -0.367 e. The number of aryl methyl sites for hydroxylation is 1. The van der Waals surface area contributed by atoms with Gasteiger partial charge in [0, 0.05) is 0 Å². The van der Waals surface area contributed by atoms with Crippen LogP contribution in [0.15, 0.2) is 0 Å². The highest BCUT2D eigenvalue weighted by Crippen LogP contribution is 2.01. The molecule has 1 aromatic heterocycles. The molecule has 0 aliphatic carbocycles. The number of hydrogen-bond donors (Lipinski definition) is 1. The van der Waals surface area contributed by atoms with E-state index in [1.807, 2.05) is 6.92 Å². The number of hydrogen-bond acceptors (Lipinski definition) is 4. The quantitative estimate of drug-likeness (QED) is 0.533. The van der Waals surface area contributed by atoms with E-state index < -0.39 is 0 Å². The highest BCUT2D eigenvalue weighted by Gasteiger charge is 1.88. The van der Waals surface area contributed by atoms with Gasteiger partial charge in [-0.05, 0) is 18.5 Å². The minimum absolute atomic E-state index is 0.377. The summed E-state index contributed by atoms with van der Waals surface area (Å²) in [5.74, 6) is 0.377. The van der Waals surface area contributed by atoms with Crippen molar-refractivity contribution < 1.29 is 0 Å². The van der Waals surface area contributed by atoms with Gasteiger partial charge in [-0.15, -0.1) is 0 Å². The lowest BCUT2D eigenvalue weighted by atomic mass is 10.8. The lowest BCUT2D eigenvalue weighted by molar-refractivity contribution is 1.27. The van der Waals surface area contributed by atoms with E-state index in [1.165, 1.54) is 11.5 Å². The molecule has 1 heterocycles. The third-order valence-corrected chi connectivity index (χ3v) is 1.18. The van der Waals surface area contributed by atoms with Gasteiger partial charge in [0.2, 0.25) is 5.95 Å². The van der Waals surface area contributed by atoms with Crippen LogP contribution < -0.4 is 5.73 Å². The third-order valence-electron chi connectivity index (χ3n) is 0.543. The molecule has 1 rings (SSSR count). The Labute approximate surface area is 45.4 Å². The van der Waals surface area contributed by atoms with E-state index in [9.17, 15) is 0 Å². The first kappa shape index (κ1) is 4.52. The minimum atomic E-state index is 0.377. The highest BCUT2D eigenvalue weighted by molar-refractivity contribution is 7.05. The molecule has 7 heavy (non-hydrogen) atoms. The first-order valence-corrected chi connectivity index (χ1v) is 2.62. The molecule has 0 amide bonds. The Morgan fingerprint density at radius 1 is 1.71 bits per heavy atom. The van der Waals surface area contributed by atoms with Crippen LogP contribution in [0, 0.1) is 6.92 Å². The van der Waals surface area contributed by atoms with Crippen molar-refractivity contribution in [2.24, 2.45) is 0 Å². The predicted octanol–water partition coefficient (Wildman–Crippen LogP) is 0.429. The average Bonchev–Trinajstić information content (AvgIpc) is 1.87. The van der Waals surface area contributed by atoms with Gasteiger partial charge >= 0.3 is 0 Å². The Morgan fingerprint density at radius 3 is 2.57 bits per heavy atom. The van der Waals surface area contributed by atoms with E-state index in [0.717, 1.165) is 5.01 Å². The maximum atomic E-state index is 5.17. The van der Waals surface area contributed by atoms with E-state index in [-0.39, 0.29) is 0 Å². The summed E-state index contributed by atoms with van der Waals surface area (Å²) in [6.07, 6.45) is 0. The molecule has 0 aromatic carbocycles. The van der Waals surface area contributed by atoms with Crippen LogP contribution in [-0.4, -0.2) is 9.36 Å². The Morgan fingerprint density at radius 2 is 2.43 bits per heavy atom. The molecule has 0 bridgehead atoms. The molecule has 0 atom stereocenters. The molecule has 0 saturated carbocycles. The summed E-state index contributed by atoms with van der Waals surface area (Å²) in [5, 5.41) is 0.914. The smallest absolute Gasteiger partial charge is 0.232 e. The zero-order chi connectivity index (χ0) is 5.28. The van der Waals surface area contributed by atoms with Gasteiger partial charge in [0.25, 0.3) is 0 Å². The lowest BCUT2D eigenvalue weighted by Gasteiger charge is -1.69. The first-order valence-electron chi connectivity index (χ1n) is 1.85. The van der Waals surface area contributed by atoms with E-state index >= 15 is 0 Å². The van der Waals surface area contributed by atoms with Crippen molar-refractivity contribution in [3.05, 3.63) is 5.01 Å². The summed E-state index contributed by atoms with van der Waals surface area (Å²) in [4.78, 5) is 3.80. The molecular formula is C3H5N3S. The molecule has 2 N–H and O–H groups in total. The molecule has 4 heteroatoms. The first-order chi connectivity index (χ1) is 3.29. The zero-order valence-electron chi connectivity index (χ0n) is 3.88. The van der Waals surface area contributed by atoms with Gasteiger partial charge in [0.15, 0.2) is 0 Å². The van der Waals surface area contributed by atoms with Crippen LogP contribution in [0.5, 0.6) is 0 Å². The van der Waals surface area contributed by atoms with Crippen LogP contribution in [0.4, 0.5) is 5.95 Å². The van der Waals surface area contributed by atoms with Gasteiger partial charge in [-0.1, -0.05) is 0 Å². The van der Waals surface area contributed by atoms with Crippen LogP contribution in [-0.2, 0) is 0 Å². The summed E-state index contributed by atoms with van der Waals surface area (Å²) in [5.41, 5.74) is 5.17. The van der Waals surface area contributed by atoms with Crippen molar-refractivity contribution >= 4 is 17.5 Å². The molecule has 0 spiro atoms. The maximum Gasteiger partial charge on any atom is 0.232 e. The topological polar surface area (TPSA) is 51.8 Å². The van der Waals surface area contributed by atoms with Gasteiger partial charge in [-0.25, -0.2) is 4.98 Å². The second-order valence-electron chi connectivity index (χ2n) is 1.17. The van der Waals surface area contributed by atoms with E-state index in [1.54, 1.807) is 0 Å². The van der Waals surface area contributed by atoms with Crippen molar-refractivity contribution in [1.29, 1.82) is 0 Å². The molecule has 0 saturated heterocycles. The van der Waals surface area contributed by atoms with E-state index in [2.05, 4.69) is 9.36 Å². The van der Waals surface area contributed by atoms with Gasteiger partial charge in [0.1, 0.15) is 5.01 Å². The Kier molecular flexibility index (Phi) is 0.941. The molecule has 0 aliphatic rings. The second-order valence-corrected chi connectivity index (χ2v) is 2.13. The molecule has 1 aromatic rings. The number of anilines is 1.